The Hall–Kier alpha value is -0.890. The highest BCUT2D eigenvalue weighted by Gasteiger charge is 2.23. The van der Waals surface area contributed by atoms with E-state index in [4.69, 9.17) is 4.74 Å². The Labute approximate surface area is 115 Å². The summed E-state index contributed by atoms with van der Waals surface area (Å²) < 4.78 is 33.9. The molecule has 2 N–H and O–H groups in total. The second-order valence-corrected chi connectivity index (χ2v) is 6.86. The maximum atomic E-state index is 12.2. The normalized spacial score (nSPS) is 12.9. The van der Waals surface area contributed by atoms with Crippen molar-refractivity contribution >= 4 is 10.0 Å². The lowest BCUT2D eigenvalue weighted by Crippen LogP contribution is -2.39. The Morgan fingerprint density at radius 1 is 1.42 bits per heavy atom. The van der Waals surface area contributed by atoms with Crippen LogP contribution in [0.25, 0.3) is 0 Å². The molecule has 0 unspecified atom stereocenters. The molecule has 1 aromatic heterocycles. The lowest BCUT2D eigenvalue weighted by Gasteiger charge is -2.22. The van der Waals surface area contributed by atoms with E-state index in [-0.39, 0.29) is 11.4 Å². The van der Waals surface area contributed by atoms with Crippen LogP contribution in [0.5, 0.6) is 0 Å². The highest BCUT2D eigenvalue weighted by Crippen LogP contribution is 2.14. The van der Waals surface area contributed by atoms with Crippen molar-refractivity contribution in [2.45, 2.75) is 30.9 Å². The Kier molecular flexibility index (Phi) is 5.14. The first-order chi connectivity index (χ1) is 8.72. The van der Waals surface area contributed by atoms with E-state index in [1.807, 2.05) is 27.9 Å². The number of nitrogens with one attached hydrogen (secondary N) is 2. The Balaban J connectivity index is 2.86. The second-order valence-electron chi connectivity index (χ2n) is 5.10. The molecule has 1 aromatic rings. The summed E-state index contributed by atoms with van der Waals surface area (Å²) in [5.74, 6) is 0. The van der Waals surface area contributed by atoms with E-state index in [0.29, 0.717) is 6.54 Å². The summed E-state index contributed by atoms with van der Waals surface area (Å²) >= 11 is 0. The van der Waals surface area contributed by atoms with Gasteiger partial charge in [-0.15, -0.1) is 0 Å². The summed E-state index contributed by atoms with van der Waals surface area (Å²) in [6.45, 7) is 4.50. The molecule has 0 saturated heterocycles. The van der Waals surface area contributed by atoms with E-state index in [2.05, 4.69) is 10.0 Å². The topological polar surface area (TPSA) is 72.4 Å². The van der Waals surface area contributed by atoms with E-state index in [0.717, 1.165) is 5.69 Å². The van der Waals surface area contributed by atoms with Gasteiger partial charge in [-0.2, -0.15) is 0 Å². The molecule has 0 aliphatic rings. The first-order valence-corrected chi connectivity index (χ1v) is 7.55. The highest BCUT2D eigenvalue weighted by atomic mass is 32.2. The molecule has 6 nitrogen and oxygen atoms in total. The van der Waals surface area contributed by atoms with Gasteiger partial charge in [0.1, 0.15) is 0 Å². The molecule has 7 heteroatoms. The molecule has 0 aliphatic heterocycles. The summed E-state index contributed by atoms with van der Waals surface area (Å²) in [6.07, 6.45) is 1.61. The van der Waals surface area contributed by atoms with Crippen LogP contribution >= 0.6 is 0 Å². The van der Waals surface area contributed by atoms with Crippen LogP contribution in [0.2, 0.25) is 0 Å². The molecule has 0 atom stereocenters. The number of aryl methyl sites for hydroxylation is 1. The van der Waals surface area contributed by atoms with Gasteiger partial charge in [0.2, 0.25) is 10.0 Å². The van der Waals surface area contributed by atoms with E-state index in [9.17, 15) is 8.42 Å². The second kappa shape index (κ2) is 6.04. The van der Waals surface area contributed by atoms with Gasteiger partial charge in [0, 0.05) is 39.1 Å². The summed E-state index contributed by atoms with van der Waals surface area (Å²) in [5, 5.41) is 3.00. The zero-order valence-corrected chi connectivity index (χ0v) is 13.0. The van der Waals surface area contributed by atoms with Gasteiger partial charge in [-0.3, -0.25) is 0 Å². The number of nitrogens with zero attached hydrogens (tertiary/aromatic N) is 1. The Bertz CT molecular complexity index is 520. The minimum atomic E-state index is -3.50. The fourth-order valence-electron chi connectivity index (χ4n) is 1.51. The molecule has 0 amide bonds. The fourth-order valence-corrected chi connectivity index (χ4v) is 2.80. The van der Waals surface area contributed by atoms with Crippen molar-refractivity contribution in [2.75, 3.05) is 20.7 Å². The lowest BCUT2D eigenvalue weighted by atomic mass is 10.1. The van der Waals surface area contributed by atoms with Gasteiger partial charge in [0.15, 0.2) is 0 Å². The number of hydrogen-bond donors (Lipinski definition) is 2. The van der Waals surface area contributed by atoms with Crippen LogP contribution in [-0.2, 0) is 28.4 Å². The van der Waals surface area contributed by atoms with Crippen LogP contribution in [0.3, 0.4) is 0 Å². The minimum absolute atomic E-state index is 0.224. The van der Waals surface area contributed by atoms with Crippen LogP contribution < -0.4 is 10.0 Å². The number of rotatable bonds is 7. The third-order valence-corrected chi connectivity index (χ3v) is 4.36. The van der Waals surface area contributed by atoms with Crippen LogP contribution in [0.4, 0.5) is 0 Å². The smallest absolute Gasteiger partial charge is 0.242 e. The van der Waals surface area contributed by atoms with Crippen molar-refractivity contribution in [3.63, 3.8) is 0 Å². The van der Waals surface area contributed by atoms with Gasteiger partial charge in [-0.25, -0.2) is 13.1 Å². The standard InChI is InChI=1S/C12H23N3O3S/c1-12(2,18-5)9-14-19(16,17)11-6-10(7-13-3)15(4)8-11/h6,8,13-14H,7,9H2,1-5H3. The summed E-state index contributed by atoms with van der Waals surface area (Å²) in [5.41, 5.74) is 0.379. The van der Waals surface area contributed by atoms with E-state index in [1.165, 1.54) is 0 Å². The van der Waals surface area contributed by atoms with Crippen molar-refractivity contribution in [1.29, 1.82) is 0 Å². The molecule has 110 valence electrons. The molecule has 0 radical (unpaired) electrons. The number of ether oxygens (including phenoxy) is 1. The maximum Gasteiger partial charge on any atom is 0.242 e. The Morgan fingerprint density at radius 2 is 2.05 bits per heavy atom. The lowest BCUT2D eigenvalue weighted by molar-refractivity contribution is 0.0276. The largest absolute Gasteiger partial charge is 0.377 e. The number of hydrogen-bond acceptors (Lipinski definition) is 4. The van der Waals surface area contributed by atoms with Gasteiger partial charge >= 0.3 is 0 Å². The zero-order valence-electron chi connectivity index (χ0n) is 12.1. The Morgan fingerprint density at radius 3 is 2.58 bits per heavy atom. The molecule has 0 fully saturated rings. The van der Waals surface area contributed by atoms with Crippen molar-refractivity contribution in [1.82, 2.24) is 14.6 Å². The van der Waals surface area contributed by atoms with Gasteiger partial charge in [-0.05, 0) is 27.0 Å². The predicted octanol–water partition coefficient (Wildman–Crippen LogP) is 0.448. The number of methoxy groups -OCH3 is 1. The monoisotopic (exact) mass is 289 g/mol. The van der Waals surface area contributed by atoms with E-state index < -0.39 is 15.6 Å². The highest BCUT2D eigenvalue weighted by molar-refractivity contribution is 7.89. The molecular formula is C12H23N3O3S. The predicted molar refractivity (Wildman–Crippen MR) is 74.5 cm³/mol. The molecular weight excluding hydrogens is 266 g/mol. The fraction of sp³-hybridized carbons (Fsp3) is 0.667. The van der Waals surface area contributed by atoms with Gasteiger partial charge in [-0.1, -0.05) is 0 Å². The first kappa shape index (κ1) is 16.2. The summed E-state index contributed by atoms with van der Waals surface area (Å²) in [7, 11) is 1.70. The summed E-state index contributed by atoms with van der Waals surface area (Å²) in [4.78, 5) is 0.271. The quantitative estimate of drug-likeness (QED) is 0.764. The van der Waals surface area contributed by atoms with Crippen molar-refractivity contribution < 1.29 is 13.2 Å². The molecule has 0 aromatic carbocycles. The SMILES string of the molecule is CNCc1cc(S(=O)(=O)NCC(C)(C)OC)cn1C. The molecule has 19 heavy (non-hydrogen) atoms. The average Bonchev–Trinajstić information content (AvgIpc) is 2.70. The van der Waals surface area contributed by atoms with E-state index in [1.54, 1.807) is 23.9 Å². The maximum absolute atomic E-state index is 12.2. The molecule has 0 aliphatic carbocycles. The third-order valence-electron chi connectivity index (χ3n) is 2.99. The number of aromatic nitrogens is 1. The molecule has 1 rings (SSSR count). The molecule has 0 bridgehead atoms. The first-order valence-electron chi connectivity index (χ1n) is 6.06. The molecule has 0 spiro atoms. The minimum Gasteiger partial charge on any atom is -0.377 e. The molecule has 0 saturated carbocycles. The van der Waals surface area contributed by atoms with Gasteiger partial charge in [0.05, 0.1) is 10.5 Å². The summed E-state index contributed by atoms with van der Waals surface area (Å²) in [6, 6.07) is 1.67. The van der Waals surface area contributed by atoms with Crippen LogP contribution in [-0.4, -0.2) is 39.3 Å². The van der Waals surface area contributed by atoms with Gasteiger partial charge < -0.3 is 14.6 Å². The van der Waals surface area contributed by atoms with Crippen molar-refractivity contribution in [3.8, 4) is 0 Å². The van der Waals surface area contributed by atoms with Crippen molar-refractivity contribution in [2.24, 2.45) is 7.05 Å². The zero-order chi connectivity index (χ0) is 14.7. The van der Waals surface area contributed by atoms with Crippen LogP contribution in [0.1, 0.15) is 19.5 Å². The van der Waals surface area contributed by atoms with Gasteiger partial charge in [0.25, 0.3) is 0 Å². The number of sulfonamides is 1. The van der Waals surface area contributed by atoms with E-state index >= 15 is 0 Å². The molecule has 1 heterocycles. The van der Waals surface area contributed by atoms with Crippen LogP contribution in [0.15, 0.2) is 17.2 Å². The van der Waals surface area contributed by atoms with Crippen molar-refractivity contribution in [3.05, 3.63) is 18.0 Å². The van der Waals surface area contributed by atoms with Crippen LogP contribution in [0, 0.1) is 0 Å². The average molecular weight is 289 g/mol. The third kappa shape index (κ3) is 4.31.